The molecule has 2 heterocycles. The quantitative estimate of drug-likeness (QED) is 0.270. The zero-order valence-corrected chi connectivity index (χ0v) is 23.0. The lowest BCUT2D eigenvalue weighted by atomic mass is 9.53. The van der Waals surface area contributed by atoms with Crippen molar-refractivity contribution in [3.63, 3.8) is 0 Å². The summed E-state index contributed by atoms with van der Waals surface area (Å²) in [7, 11) is -1.13. The largest absolute Gasteiger partial charge is 0.361 e. The minimum atomic E-state index is -1.13. The predicted molar refractivity (Wildman–Crippen MR) is 146 cm³/mol. The normalized spacial score (nSPS) is 27.6. The van der Waals surface area contributed by atoms with Gasteiger partial charge in [-0.15, -0.1) is 11.3 Å². The monoisotopic (exact) mass is 507 g/mol. The molecule has 7 rings (SSSR count). The van der Waals surface area contributed by atoms with E-state index in [0.29, 0.717) is 6.73 Å². The lowest BCUT2D eigenvalue weighted by Crippen LogP contribution is -2.59. The fourth-order valence-electron chi connectivity index (χ4n) is 7.21. The molecule has 0 spiro atoms. The Bertz CT molecular complexity index is 1190. The van der Waals surface area contributed by atoms with Crippen molar-refractivity contribution in [1.29, 1.82) is 0 Å². The first-order valence-electron chi connectivity index (χ1n) is 13.2. The molecular weight excluding hydrogens is 470 g/mol. The second kappa shape index (κ2) is 8.85. The van der Waals surface area contributed by atoms with Crippen LogP contribution in [0.3, 0.4) is 0 Å². The number of hydrogen-bond acceptors (Lipinski definition) is 4. The number of carbonyl (C=O) groups excluding carboxylic acids is 1. The number of nitrogens with zero attached hydrogens (tertiary/aromatic N) is 2. The lowest BCUT2D eigenvalue weighted by molar-refractivity contribution is -0.0166. The van der Waals surface area contributed by atoms with Crippen LogP contribution < -0.4 is 5.32 Å². The lowest BCUT2D eigenvalue weighted by Gasteiger charge is -2.56. The van der Waals surface area contributed by atoms with Crippen molar-refractivity contribution in [2.45, 2.75) is 76.5 Å². The molecule has 0 atom stereocenters. The second-order valence-corrected chi connectivity index (χ2v) is 19.1. The van der Waals surface area contributed by atoms with Gasteiger partial charge in [-0.25, -0.2) is 0 Å². The first-order valence-corrected chi connectivity index (χ1v) is 17.8. The smallest absolute Gasteiger partial charge is 0.252 e. The molecule has 0 saturated heterocycles. The topological polar surface area (TPSA) is 56.1 Å². The Morgan fingerprint density at radius 3 is 2.51 bits per heavy atom. The van der Waals surface area contributed by atoms with E-state index in [-0.39, 0.29) is 11.4 Å². The third-order valence-electron chi connectivity index (χ3n) is 8.49. The zero-order valence-electron chi connectivity index (χ0n) is 21.2. The average Bonchev–Trinajstić information content (AvgIpc) is 3.44. The van der Waals surface area contributed by atoms with E-state index in [0.717, 1.165) is 76.6 Å². The molecule has 35 heavy (non-hydrogen) atoms. The summed E-state index contributed by atoms with van der Waals surface area (Å²) < 4.78 is 8.22. The Morgan fingerprint density at radius 2 is 1.89 bits per heavy atom. The van der Waals surface area contributed by atoms with Gasteiger partial charge in [-0.2, -0.15) is 0 Å². The first kappa shape index (κ1) is 23.4. The van der Waals surface area contributed by atoms with Gasteiger partial charge in [-0.3, -0.25) is 9.78 Å². The van der Waals surface area contributed by atoms with Gasteiger partial charge < -0.3 is 14.6 Å². The average molecular weight is 508 g/mol. The predicted octanol–water partition coefficient (Wildman–Crippen LogP) is 6.78. The van der Waals surface area contributed by atoms with Gasteiger partial charge >= 0.3 is 0 Å². The number of hydrogen-bond donors (Lipinski definition) is 1. The van der Waals surface area contributed by atoms with Gasteiger partial charge in [-0.1, -0.05) is 19.6 Å². The zero-order chi connectivity index (χ0) is 24.2. The number of aromatic nitrogens is 2. The van der Waals surface area contributed by atoms with Gasteiger partial charge in [0.1, 0.15) is 6.73 Å². The van der Waals surface area contributed by atoms with E-state index >= 15 is 0 Å². The van der Waals surface area contributed by atoms with E-state index in [9.17, 15) is 4.79 Å². The van der Waals surface area contributed by atoms with Crippen LogP contribution in [0.25, 0.3) is 21.3 Å². The number of fused-ring (bicyclic) bond motifs is 1. The molecule has 4 fully saturated rings. The van der Waals surface area contributed by atoms with E-state index in [4.69, 9.17) is 4.74 Å². The maximum absolute atomic E-state index is 13.9. The molecule has 3 aromatic rings. The molecule has 186 valence electrons. The number of thiazole rings is 1. The number of benzene rings is 1. The molecule has 7 heteroatoms. The number of carbonyl (C=O) groups is 1. The Labute approximate surface area is 213 Å². The maximum Gasteiger partial charge on any atom is 0.252 e. The fraction of sp³-hybridized carbons (Fsp3) is 0.571. The molecule has 0 radical (unpaired) electrons. The molecule has 1 amide bonds. The van der Waals surface area contributed by atoms with Crippen molar-refractivity contribution in [2.24, 2.45) is 17.8 Å². The van der Waals surface area contributed by atoms with Crippen LogP contribution in [0.1, 0.15) is 48.9 Å². The Balaban J connectivity index is 1.30. The second-order valence-electron chi connectivity index (χ2n) is 12.6. The van der Waals surface area contributed by atoms with Crippen LogP contribution in [-0.2, 0) is 11.5 Å². The Morgan fingerprint density at radius 1 is 1.17 bits per heavy atom. The van der Waals surface area contributed by atoms with Crippen molar-refractivity contribution in [3.05, 3.63) is 41.7 Å². The maximum atomic E-state index is 13.9. The van der Waals surface area contributed by atoms with Crippen LogP contribution in [0, 0.1) is 17.8 Å². The number of amides is 1. The van der Waals surface area contributed by atoms with Crippen molar-refractivity contribution < 1.29 is 9.53 Å². The summed E-state index contributed by atoms with van der Waals surface area (Å²) in [4.78, 5) is 19.3. The number of rotatable bonds is 8. The summed E-state index contributed by atoms with van der Waals surface area (Å²) in [5, 5.41) is 4.61. The van der Waals surface area contributed by atoms with Crippen molar-refractivity contribution in [2.75, 3.05) is 6.61 Å². The first-order chi connectivity index (χ1) is 16.8. The molecule has 4 bridgehead atoms. The highest BCUT2D eigenvalue weighted by atomic mass is 32.1. The molecular formula is C28H37N3O2SSi. The van der Waals surface area contributed by atoms with Crippen molar-refractivity contribution >= 4 is 36.2 Å². The van der Waals surface area contributed by atoms with E-state index < -0.39 is 8.07 Å². The van der Waals surface area contributed by atoms with Crippen LogP contribution in [0.5, 0.6) is 0 Å². The van der Waals surface area contributed by atoms with Crippen LogP contribution in [0.15, 0.2) is 36.1 Å². The highest BCUT2D eigenvalue weighted by Gasteiger charge is 2.51. The Kier molecular flexibility index (Phi) is 5.93. The highest BCUT2D eigenvalue weighted by Crippen LogP contribution is 2.55. The molecule has 5 nitrogen and oxygen atoms in total. The molecule has 1 aromatic carbocycles. The SMILES string of the molecule is C[Si](C)(C)CCOCn1ccc2c(C(=O)NC34CC5CC(CC(C5)C3)C4)cc(-c3cncs3)cc21. The minimum absolute atomic E-state index is 0.00116. The van der Waals surface area contributed by atoms with Gasteiger partial charge in [0.25, 0.3) is 5.91 Å². The summed E-state index contributed by atoms with van der Waals surface area (Å²) >= 11 is 1.61. The van der Waals surface area contributed by atoms with Gasteiger partial charge in [0.2, 0.25) is 0 Å². The van der Waals surface area contributed by atoms with E-state index in [1.165, 1.54) is 19.3 Å². The molecule has 4 saturated carbocycles. The van der Waals surface area contributed by atoms with Crippen molar-refractivity contribution in [1.82, 2.24) is 14.9 Å². The summed E-state index contributed by atoms with van der Waals surface area (Å²) in [5.41, 5.74) is 4.74. The molecule has 2 aromatic heterocycles. The number of nitrogens with one attached hydrogen (secondary N) is 1. The molecule has 0 aliphatic heterocycles. The van der Waals surface area contributed by atoms with Gasteiger partial charge in [0.05, 0.1) is 15.9 Å². The molecule has 4 aliphatic rings. The van der Waals surface area contributed by atoms with Gasteiger partial charge in [0, 0.05) is 43.6 Å². The van der Waals surface area contributed by atoms with Gasteiger partial charge in [0.15, 0.2) is 0 Å². The number of ether oxygens (including phenoxy) is 1. The van der Waals surface area contributed by atoms with E-state index in [1.807, 2.05) is 11.7 Å². The Hall–Kier alpha value is -1.96. The summed E-state index contributed by atoms with van der Waals surface area (Å²) in [6.45, 7) is 8.41. The molecule has 1 N–H and O–H groups in total. The summed E-state index contributed by atoms with van der Waals surface area (Å²) in [6.07, 6.45) is 11.6. The molecule has 4 aliphatic carbocycles. The van der Waals surface area contributed by atoms with Crippen LogP contribution in [0.2, 0.25) is 25.7 Å². The van der Waals surface area contributed by atoms with E-state index in [2.05, 4.69) is 58.9 Å². The third-order valence-corrected chi connectivity index (χ3v) is 11.0. The molecule has 0 unspecified atom stereocenters. The summed E-state index contributed by atoms with van der Waals surface area (Å²) in [6, 6.07) is 7.49. The van der Waals surface area contributed by atoms with Crippen LogP contribution >= 0.6 is 11.3 Å². The summed E-state index contributed by atoms with van der Waals surface area (Å²) in [5.74, 6) is 2.50. The fourth-order valence-corrected chi connectivity index (χ4v) is 8.58. The van der Waals surface area contributed by atoms with Gasteiger partial charge in [-0.05, 0) is 86.1 Å². The van der Waals surface area contributed by atoms with Crippen LogP contribution in [0.4, 0.5) is 0 Å². The third kappa shape index (κ3) is 4.75. The highest BCUT2D eigenvalue weighted by molar-refractivity contribution is 7.13. The standard InChI is InChI=1S/C28H37N3O2SSi/c1-35(2,3)7-6-33-18-31-5-4-23-24(11-22(12-25(23)31)26-16-29-17-34-26)27(32)30-28-13-19-8-20(14-28)10-21(9-19)15-28/h4-5,11-12,16-17,19-21H,6-10,13-15,18H2,1-3H3,(H,30,32). The minimum Gasteiger partial charge on any atom is -0.361 e. The van der Waals surface area contributed by atoms with Crippen molar-refractivity contribution in [3.8, 4) is 10.4 Å². The van der Waals surface area contributed by atoms with E-state index in [1.54, 1.807) is 11.3 Å². The van der Waals surface area contributed by atoms with Crippen LogP contribution in [-0.4, -0.2) is 35.7 Å².